The van der Waals surface area contributed by atoms with Gasteiger partial charge in [0.2, 0.25) is 0 Å². The number of ether oxygens (including phenoxy) is 1. The molecule has 1 amide bonds. The molecule has 0 aromatic heterocycles. The second-order valence-corrected chi connectivity index (χ2v) is 4.75. The van der Waals surface area contributed by atoms with Crippen molar-refractivity contribution in [1.82, 2.24) is 4.90 Å². The lowest BCUT2D eigenvalue weighted by Gasteiger charge is -2.13. The summed E-state index contributed by atoms with van der Waals surface area (Å²) >= 11 is 0. The maximum absolute atomic E-state index is 11.6. The predicted molar refractivity (Wildman–Crippen MR) is 71.7 cm³/mol. The molecule has 1 aliphatic heterocycles. The molecular formula is C15H15NO3. The Labute approximate surface area is 111 Å². The predicted octanol–water partition coefficient (Wildman–Crippen LogP) is 2.15. The highest BCUT2D eigenvalue weighted by molar-refractivity contribution is 5.83. The smallest absolute Gasteiger partial charge is 0.410 e. The summed E-state index contributed by atoms with van der Waals surface area (Å²) in [5.41, 5.74) is 1.06. The van der Waals surface area contributed by atoms with Crippen LogP contribution < -0.4 is 0 Å². The average molecular weight is 257 g/mol. The van der Waals surface area contributed by atoms with E-state index in [2.05, 4.69) is 24.3 Å². The molecule has 2 aromatic carbocycles. The highest BCUT2D eigenvalue weighted by atomic mass is 16.6. The summed E-state index contributed by atoms with van der Waals surface area (Å²) in [6.45, 7) is 0.836. The van der Waals surface area contributed by atoms with E-state index in [1.54, 1.807) is 4.90 Å². The fourth-order valence-electron chi connectivity index (χ4n) is 2.36. The Balaban J connectivity index is 1.80. The van der Waals surface area contributed by atoms with Gasteiger partial charge < -0.3 is 14.7 Å². The Bertz CT molecular complexity index is 611. The van der Waals surface area contributed by atoms with E-state index in [9.17, 15) is 4.79 Å². The lowest BCUT2D eigenvalue weighted by Crippen LogP contribution is -2.25. The van der Waals surface area contributed by atoms with Gasteiger partial charge in [-0.05, 0) is 22.4 Å². The normalized spacial score (nSPS) is 18.9. The third-order valence-electron chi connectivity index (χ3n) is 3.34. The van der Waals surface area contributed by atoms with Crippen LogP contribution in [-0.2, 0) is 11.3 Å². The summed E-state index contributed by atoms with van der Waals surface area (Å²) in [5, 5.41) is 11.3. The Morgan fingerprint density at radius 1 is 1.21 bits per heavy atom. The van der Waals surface area contributed by atoms with Crippen LogP contribution >= 0.6 is 0 Å². The van der Waals surface area contributed by atoms with Crippen molar-refractivity contribution < 1.29 is 14.6 Å². The topological polar surface area (TPSA) is 49.8 Å². The van der Waals surface area contributed by atoms with E-state index in [0.29, 0.717) is 13.1 Å². The van der Waals surface area contributed by atoms with E-state index in [0.717, 1.165) is 10.9 Å². The lowest BCUT2D eigenvalue weighted by atomic mass is 10.1. The fraction of sp³-hybridized carbons (Fsp3) is 0.267. The Morgan fingerprint density at radius 3 is 2.74 bits per heavy atom. The monoisotopic (exact) mass is 257 g/mol. The standard InChI is InChI=1S/C15H15NO3/c17-10-14-9-16(15(18)19-14)8-11-5-6-12-3-1-2-4-13(12)7-11/h1-7,14,17H,8-10H2. The first-order valence-electron chi connectivity index (χ1n) is 6.30. The van der Waals surface area contributed by atoms with Gasteiger partial charge in [0.25, 0.3) is 0 Å². The molecule has 1 saturated heterocycles. The van der Waals surface area contributed by atoms with Gasteiger partial charge >= 0.3 is 6.09 Å². The number of amides is 1. The molecule has 1 heterocycles. The first-order chi connectivity index (χ1) is 9.26. The number of hydrogen-bond donors (Lipinski definition) is 1. The summed E-state index contributed by atoms with van der Waals surface area (Å²) in [4.78, 5) is 13.2. The van der Waals surface area contributed by atoms with Crippen LogP contribution in [0.15, 0.2) is 42.5 Å². The molecule has 19 heavy (non-hydrogen) atoms. The summed E-state index contributed by atoms with van der Waals surface area (Å²) in [6, 6.07) is 14.3. The zero-order chi connectivity index (χ0) is 13.2. The average Bonchev–Trinajstić information content (AvgIpc) is 2.79. The molecule has 1 unspecified atom stereocenters. The molecule has 0 spiro atoms. The first kappa shape index (κ1) is 12.0. The number of cyclic esters (lactones) is 1. The van der Waals surface area contributed by atoms with Gasteiger partial charge in [-0.3, -0.25) is 0 Å². The molecule has 98 valence electrons. The Hall–Kier alpha value is -2.07. The molecule has 1 aliphatic rings. The van der Waals surface area contributed by atoms with E-state index in [1.807, 2.05) is 18.2 Å². The first-order valence-corrected chi connectivity index (χ1v) is 6.30. The number of carbonyl (C=O) groups is 1. The van der Waals surface area contributed by atoms with Crippen LogP contribution in [0.25, 0.3) is 10.8 Å². The number of benzene rings is 2. The van der Waals surface area contributed by atoms with Crippen molar-refractivity contribution in [3.63, 3.8) is 0 Å². The van der Waals surface area contributed by atoms with Gasteiger partial charge in [0, 0.05) is 6.54 Å². The van der Waals surface area contributed by atoms with E-state index in [1.165, 1.54) is 5.39 Å². The van der Waals surface area contributed by atoms with Gasteiger partial charge in [-0.25, -0.2) is 4.79 Å². The van der Waals surface area contributed by atoms with E-state index >= 15 is 0 Å². The van der Waals surface area contributed by atoms with E-state index < -0.39 is 6.10 Å². The van der Waals surface area contributed by atoms with Crippen LogP contribution in [0.3, 0.4) is 0 Å². The zero-order valence-electron chi connectivity index (χ0n) is 10.5. The Kier molecular flexibility index (Phi) is 3.09. The second-order valence-electron chi connectivity index (χ2n) is 4.75. The zero-order valence-corrected chi connectivity index (χ0v) is 10.5. The van der Waals surface area contributed by atoms with Crippen LogP contribution in [0, 0.1) is 0 Å². The molecule has 0 aliphatic carbocycles. The molecule has 4 nitrogen and oxygen atoms in total. The van der Waals surface area contributed by atoms with Gasteiger partial charge in [0.15, 0.2) is 0 Å². The van der Waals surface area contributed by atoms with Crippen molar-refractivity contribution in [3.8, 4) is 0 Å². The number of fused-ring (bicyclic) bond motifs is 1. The van der Waals surface area contributed by atoms with Crippen molar-refractivity contribution in [2.24, 2.45) is 0 Å². The minimum Gasteiger partial charge on any atom is -0.442 e. The largest absolute Gasteiger partial charge is 0.442 e. The van der Waals surface area contributed by atoms with Crippen molar-refractivity contribution in [2.45, 2.75) is 12.6 Å². The minimum atomic E-state index is -0.395. The van der Waals surface area contributed by atoms with Crippen LogP contribution in [0.1, 0.15) is 5.56 Å². The highest BCUT2D eigenvalue weighted by Gasteiger charge is 2.30. The molecule has 1 N–H and O–H groups in total. The maximum Gasteiger partial charge on any atom is 0.410 e. The van der Waals surface area contributed by atoms with E-state index in [4.69, 9.17) is 9.84 Å². The molecule has 3 rings (SSSR count). The molecule has 1 atom stereocenters. The summed E-state index contributed by atoms with van der Waals surface area (Å²) < 4.78 is 5.02. The lowest BCUT2D eigenvalue weighted by molar-refractivity contribution is 0.0947. The van der Waals surface area contributed by atoms with Crippen molar-refractivity contribution >= 4 is 16.9 Å². The van der Waals surface area contributed by atoms with Crippen LogP contribution in [0.5, 0.6) is 0 Å². The second kappa shape index (κ2) is 4.90. The quantitative estimate of drug-likeness (QED) is 0.916. The van der Waals surface area contributed by atoms with E-state index in [-0.39, 0.29) is 12.7 Å². The molecule has 2 aromatic rings. The van der Waals surface area contributed by atoms with Crippen LogP contribution in [0.2, 0.25) is 0 Å². The van der Waals surface area contributed by atoms with Crippen molar-refractivity contribution in [1.29, 1.82) is 0 Å². The third-order valence-corrected chi connectivity index (χ3v) is 3.34. The molecule has 0 bridgehead atoms. The summed E-state index contributed by atoms with van der Waals surface area (Å²) in [7, 11) is 0. The molecule has 4 heteroatoms. The number of hydrogen-bond acceptors (Lipinski definition) is 3. The number of nitrogens with zero attached hydrogens (tertiary/aromatic N) is 1. The Morgan fingerprint density at radius 2 is 2.00 bits per heavy atom. The van der Waals surface area contributed by atoms with Crippen molar-refractivity contribution in [3.05, 3.63) is 48.0 Å². The summed E-state index contributed by atoms with van der Waals surface area (Å²) in [5.74, 6) is 0. The van der Waals surface area contributed by atoms with Gasteiger partial charge in [-0.2, -0.15) is 0 Å². The van der Waals surface area contributed by atoms with Crippen LogP contribution in [0.4, 0.5) is 4.79 Å². The number of aliphatic hydroxyl groups is 1. The van der Waals surface area contributed by atoms with Crippen LogP contribution in [-0.4, -0.2) is 35.4 Å². The fourth-order valence-corrected chi connectivity index (χ4v) is 2.36. The minimum absolute atomic E-state index is 0.125. The third kappa shape index (κ3) is 2.39. The molecule has 0 saturated carbocycles. The van der Waals surface area contributed by atoms with Gasteiger partial charge in [0.05, 0.1) is 13.2 Å². The number of rotatable bonds is 3. The van der Waals surface area contributed by atoms with Crippen molar-refractivity contribution in [2.75, 3.05) is 13.2 Å². The molecule has 0 radical (unpaired) electrons. The van der Waals surface area contributed by atoms with Gasteiger partial charge in [-0.1, -0.05) is 36.4 Å². The maximum atomic E-state index is 11.6. The molecule has 1 fully saturated rings. The number of aliphatic hydroxyl groups excluding tert-OH is 1. The van der Waals surface area contributed by atoms with Gasteiger partial charge in [0.1, 0.15) is 6.10 Å². The summed E-state index contributed by atoms with van der Waals surface area (Å²) in [6.07, 6.45) is -0.750. The molecular weight excluding hydrogens is 242 g/mol. The van der Waals surface area contributed by atoms with Gasteiger partial charge in [-0.15, -0.1) is 0 Å². The highest BCUT2D eigenvalue weighted by Crippen LogP contribution is 2.19. The number of carbonyl (C=O) groups excluding carboxylic acids is 1. The SMILES string of the molecule is O=C1OC(CO)CN1Cc1ccc2ccccc2c1.